The molecule has 1 N–H and O–H groups in total. The SMILES string of the molecule is Clc1cc(Sc2ncc[nH]2)c(Cl)nn1. The molecule has 72 valence electrons. The second kappa shape index (κ2) is 4.16. The van der Waals surface area contributed by atoms with Gasteiger partial charge >= 0.3 is 0 Å². The lowest BCUT2D eigenvalue weighted by Crippen LogP contribution is -1.86. The lowest BCUT2D eigenvalue weighted by Gasteiger charge is -1.99. The van der Waals surface area contributed by atoms with E-state index in [0.29, 0.717) is 10.3 Å². The maximum Gasteiger partial charge on any atom is 0.170 e. The van der Waals surface area contributed by atoms with E-state index in [0.717, 1.165) is 10.1 Å². The zero-order valence-corrected chi connectivity index (χ0v) is 9.07. The minimum absolute atomic E-state index is 0.309. The van der Waals surface area contributed by atoms with Gasteiger partial charge in [0, 0.05) is 12.4 Å². The molecule has 0 bridgehead atoms. The topological polar surface area (TPSA) is 54.5 Å². The van der Waals surface area contributed by atoms with Gasteiger partial charge < -0.3 is 4.98 Å². The highest BCUT2D eigenvalue weighted by Crippen LogP contribution is 2.30. The normalized spacial score (nSPS) is 10.4. The molecule has 2 aromatic rings. The van der Waals surface area contributed by atoms with Crippen molar-refractivity contribution in [1.29, 1.82) is 0 Å². The van der Waals surface area contributed by atoms with Crippen LogP contribution in [-0.2, 0) is 0 Å². The van der Waals surface area contributed by atoms with Crippen molar-refractivity contribution < 1.29 is 0 Å². The van der Waals surface area contributed by atoms with Gasteiger partial charge in [0.2, 0.25) is 0 Å². The number of nitrogens with one attached hydrogen (secondary N) is 1. The van der Waals surface area contributed by atoms with Gasteiger partial charge in [-0.05, 0) is 17.8 Å². The molecule has 2 rings (SSSR count). The van der Waals surface area contributed by atoms with Crippen LogP contribution in [0, 0.1) is 0 Å². The lowest BCUT2D eigenvalue weighted by molar-refractivity contribution is 0.991. The first kappa shape index (κ1) is 9.76. The molecule has 0 aromatic carbocycles. The quantitative estimate of drug-likeness (QED) is 0.886. The molecule has 0 aliphatic carbocycles. The zero-order chi connectivity index (χ0) is 9.97. The van der Waals surface area contributed by atoms with Gasteiger partial charge in [-0.15, -0.1) is 10.2 Å². The van der Waals surface area contributed by atoms with E-state index in [-0.39, 0.29) is 0 Å². The summed E-state index contributed by atoms with van der Waals surface area (Å²) < 4.78 is 0. The fourth-order valence-corrected chi connectivity index (χ4v) is 1.98. The van der Waals surface area contributed by atoms with Crippen LogP contribution in [0.1, 0.15) is 0 Å². The summed E-state index contributed by atoms with van der Waals surface area (Å²) in [5.74, 6) is 0. The third-order valence-electron chi connectivity index (χ3n) is 1.37. The number of rotatable bonds is 2. The Morgan fingerprint density at radius 2 is 2.14 bits per heavy atom. The molecule has 0 saturated carbocycles. The molecule has 7 heteroatoms. The second-order valence-electron chi connectivity index (χ2n) is 2.32. The molecule has 0 amide bonds. The molecular formula is C7H4Cl2N4S. The van der Waals surface area contributed by atoms with Crippen LogP contribution >= 0.6 is 35.0 Å². The Morgan fingerprint density at radius 3 is 2.86 bits per heavy atom. The highest BCUT2D eigenvalue weighted by atomic mass is 35.5. The number of halogens is 2. The highest BCUT2D eigenvalue weighted by Gasteiger charge is 2.07. The van der Waals surface area contributed by atoms with Crippen molar-refractivity contribution in [3.05, 3.63) is 28.8 Å². The predicted molar refractivity (Wildman–Crippen MR) is 54.8 cm³/mol. The van der Waals surface area contributed by atoms with Gasteiger partial charge in [-0.2, -0.15) is 0 Å². The molecule has 4 nitrogen and oxygen atoms in total. The van der Waals surface area contributed by atoms with Crippen LogP contribution < -0.4 is 0 Å². The molecule has 0 atom stereocenters. The number of hydrogen-bond acceptors (Lipinski definition) is 4. The largest absolute Gasteiger partial charge is 0.339 e. The Hall–Kier alpha value is -0.780. The van der Waals surface area contributed by atoms with Crippen LogP contribution in [-0.4, -0.2) is 20.2 Å². The molecule has 2 aromatic heterocycles. The fourth-order valence-electron chi connectivity index (χ4n) is 0.820. The first-order valence-electron chi connectivity index (χ1n) is 3.61. The van der Waals surface area contributed by atoms with Crippen LogP contribution in [0.3, 0.4) is 0 Å². The molecule has 0 aliphatic rings. The van der Waals surface area contributed by atoms with E-state index in [9.17, 15) is 0 Å². The van der Waals surface area contributed by atoms with E-state index < -0.39 is 0 Å². The van der Waals surface area contributed by atoms with E-state index in [4.69, 9.17) is 23.2 Å². The molecule has 0 fully saturated rings. The summed E-state index contributed by atoms with van der Waals surface area (Å²) in [6, 6.07) is 1.64. The summed E-state index contributed by atoms with van der Waals surface area (Å²) in [6.07, 6.45) is 3.39. The minimum atomic E-state index is 0.309. The van der Waals surface area contributed by atoms with Gasteiger partial charge in [-0.1, -0.05) is 23.2 Å². The zero-order valence-electron chi connectivity index (χ0n) is 6.74. The van der Waals surface area contributed by atoms with Crippen molar-refractivity contribution in [3.8, 4) is 0 Å². The van der Waals surface area contributed by atoms with Gasteiger partial charge in [0.05, 0.1) is 4.90 Å². The van der Waals surface area contributed by atoms with Crippen molar-refractivity contribution >= 4 is 35.0 Å². The lowest BCUT2D eigenvalue weighted by atomic mass is 10.6. The van der Waals surface area contributed by atoms with Crippen molar-refractivity contribution in [2.45, 2.75) is 10.1 Å². The molecule has 0 saturated heterocycles. The van der Waals surface area contributed by atoms with E-state index in [2.05, 4.69) is 20.2 Å². The number of nitrogens with zero attached hydrogens (tertiary/aromatic N) is 3. The van der Waals surface area contributed by atoms with Crippen LogP contribution in [0.4, 0.5) is 0 Å². The van der Waals surface area contributed by atoms with Crippen molar-refractivity contribution in [2.24, 2.45) is 0 Å². The van der Waals surface area contributed by atoms with E-state index >= 15 is 0 Å². The van der Waals surface area contributed by atoms with Crippen molar-refractivity contribution in [3.63, 3.8) is 0 Å². The summed E-state index contributed by atoms with van der Waals surface area (Å²) in [4.78, 5) is 7.70. The number of aromatic amines is 1. The Labute approximate surface area is 94.1 Å². The van der Waals surface area contributed by atoms with Crippen LogP contribution in [0.2, 0.25) is 10.3 Å². The predicted octanol–water partition coefficient (Wildman–Crippen LogP) is 2.66. The first-order valence-corrected chi connectivity index (χ1v) is 5.19. The maximum atomic E-state index is 5.82. The Balaban J connectivity index is 2.28. The summed E-state index contributed by atoms with van der Waals surface area (Å²) in [7, 11) is 0. The summed E-state index contributed by atoms with van der Waals surface area (Å²) >= 11 is 12.8. The van der Waals surface area contributed by atoms with Gasteiger partial charge in [-0.3, -0.25) is 0 Å². The highest BCUT2D eigenvalue weighted by molar-refractivity contribution is 7.99. The third-order valence-corrected chi connectivity index (χ3v) is 2.89. The summed E-state index contributed by atoms with van der Waals surface area (Å²) in [6.45, 7) is 0. The number of hydrogen-bond donors (Lipinski definition) is 1. The first-order chi connectivity index (χ1) is 6.75. The monoisotopic (exact) mass is 246 g/mol. The minimum Gasteiger partial charge on any atom is -0.339 e. The average Bonchev–Trinajstić information content (AvgIpc) is 2.64. The summed E-state index contributed by atoms with van der Waals surface area (Å²) in [5.41, 5.74) is 0. The number of imidazole rings is 1. The Kier molecular flexibility index (Phi) is 2.90. The van der Waals surface area contributed by atoms with Crippen LogP contribution in [0.15, 0.2) is 28.5 Å². The molecule has 0 radical (unpaired) electrons. The van der Waals surface area contributed by atoms with Gasteiger partial charge in [-0.25, -0.2) is 4.98 Å². The second-order valence-corrected chi connectivity index (χ2v) is 4.09. The third kappa shape index (κ3) is 2.17. The summed E-state index contributed by atoms with van der Waals surface area (Å²) in [5, 5.41) is 8.65. The maximum absolute atomic E-state index is 5.82. The molecular weight excluding hydrogens is 243 g/mol. The van der Waals surface area contributed by atoms with Crippen LogP contribution in [0.25, 0.3) is 0 Å². The standard InChI is InChI=1S/C7H4Cl2N4S/c8-5-3-4(6(9)13-12-5)14-7-10-1-2-11-7/h1-3H,(H,10,11). The van der Waals surface area contributed by atoms with Gasteiger partial charge in [0.15, 0.2) is 15.5 Å². The molecule has 2 heterocycles. The van der Waals surface area contributed by atoms with Gasteiger partial charge in [0.1, 0.15) is 0 Å². The fraction of sp³-hybridized carbons (Fsp3) is 0. The van der Waals surface area contributed by atoms with Gasteiger partial charge in [0.25, 0.3) is 0 Å². The van der Waals surface area contributed by atoms with Crippen molar-refractivity contribution in [1.82, 2.24) is 20.2 Å². The van der Waals surface area contributed by atoms with Crippen molar-refractivity contribution in [2.75, 3.05) is 0 Å². The average molecular weight is 247 g/mol. The molecule has 0 unspecified atom stereocenters. The van der Waals surface area contributed by atoms with E-state index in [1.807, 2.05) is 0 Å². The smallest absolute Gasteiger partial charge is 0.170 e. The molecule has 0 spiro atoms. The molecule has 0 aliphatic heterocycles. The number of H-pyrrole nitrogens is 1. The molecule has 14 heavy (non-hydrogen) atoms. The van der Waals surface area contributed by atoms with Crippen LogP contribution in [0.5, 0.6) is 0 Å². The number of aromatic nitrogens is 4. The Morgan fingerprint density at radius 1 is 1.29 bits per heavy atom. The Bertz CT molecular complexity index is 431. The van der Waals surface area contributed by atoms with E-state index in [1.165, 1.54) is 11.8 Å². The van der Waals surface area contributed by atoms with E-state index in [1.54, 1.807) is 18.5 Å².